The van der Waals surface area contributed by atoms with Crippen molar-refractivity contribution in [2.45, 2.75) is 41.0 Å². The van der Waals surface area contributed by atoms with Gasteiger partial charge in [-0.15, -0.1) is 0 Å². The second-order valence-electron chi connectivity index (χ2n) is 4.22. The molecule has 1 aliphatic rings. The summed E-state index contributed by atoms with van der Waals surface area (Å²) < 4.78 is 0. The van der Waals surface area contributed by atoms with Gasteiger partial charge in [-0.25, -0.2) is 0 Å². The van der Waals surface area contributed by atoms with Crippen LogP contribution in [0.1, 0.15) is 41.0 Å². The van der Waals surface area contributed by atoms with Gasteiger partial charge in [0, 0.05) is 17.8 Å². The van der Waals surface area contributed by atoms with Crippen molar-refractivity contribution in [3.8, 4) is 0 Å². The van der Waals surface area contributed by atoms with Crippen LogP contribution in [0.2, 0.25) is 0 Å². The number of rotatable bonds is 1. The molecule has 0 N–H and O–H groups in total. The first kappa shape index (κ1) is 9.50. The van der Waals surface area contributed by atoms with Crippen LogP contribution in [-0.2, 0) is 0 Å². The molecular formula is C11H19N. The SMILES string of the molecule is CCC1=CN=C(C)C(C)C1(C)C. The van der Waals surface area contributed by atoms with Gasteiger partial charge in [0.1, 0.15) is 0 Å². The molecule has 1 unspecified atom stereocenters. The normalized spacial score (nSPS) is 27.9. The van der Waals surface area contributed by atoms with Crippen molar-refractivity contribution < 1.29 is 0 Å². The third-order valence-corrected chi connectivity index (χ3v) is 3.34. The Balaban J connectivity index is 3.03. The van der Waals surface area contributed by atoms with Gasteiger partial charge in [0.25, 0.3) is 0 Å². The van der Waals surface area contributed by atoms with Gasteiger partial charge >= 0.3 is 0 Å². The second-order valence-corrected chi connectivity index (χ2v) is 4.22. The van der Waals surface area contributed by atoms with Crippen LogP contribution in [0.5, 0.6) is 0 Å². The molecule has 0 spiro atoms. The summed E-state index contributed by atoms with van der Waals surface area (Å²) in [5.41, 5.74) is 3.04. The summed E-state index contributed by atoms with van der Waals surface area (Å²) in [5.74, 6) is 0.581. The van der Waals surface area contributed by atoms with E-state index in [-0.39, 0.29) is 0 Å². The zero-order valence-corrected chi connectivity index (χ0v) is 8.81. The number of allylic oxidation sites excluding steroid dienone is 1. The second kappa shape index (κ2) is 3.04. The van der Waals surface area contributed by atoms with Crippen LogP contribution in [0.3, 0.4) is 0 Å². The zero-order chi connectivity index (χ0) is 9.35. The quantitative estimate of drug-likeness (QED) is 0.564. The number of hydrogen-bond acceptors (Lipinski definition) is 1. The largest absolute Gasteiger partial charge is 0.266 e. The molecule has 0 fully saturated rings. The van der Waals surface area contributed by atoms with Gasteiger partial charge in [0.05, 0.1) is 0 Å². The van der Waals surface area contributed by atoms with Crippen LogP contribution in [0.15, 0.2) is 16.8 Å². The highest BCUT2D eigenvalue weighted by atomic mass is 14.7. The molecule has 0 aromatic carbocycles. The molecule has 0 amide bonds. The average Bonchev–Trinajstić information content (AvgIpc) is 2.01. The van der Waals surface area contributed by atoms with E-state index in [9.17, 15) is 0 Å². The molecule has 0 radical (unpaired) electrons. The van der Waals surface area contributed by atoms with E-state index in [2.05, 4.69) is 45.8 Å². The fourth-order valence-electron chi connectivity index (χ4n) is 1.81. The first-order valence-electron chi connectivity index (χ1n) is 4.74. The molecule has 12 heavy (non-hydrogen) atoms. The van der Waals surface area contributed by atoms with Crippen LogP contribution in [-0.4, -0.2) is 5.71 Å². The van der Waals surface area contributed by atoms with E-state index in [1.165, 1.54) is 11.3 Å². The van der Waals surface area contributed by atoms with Gasteiger partial charge < -0.3 is 0 Å². The lowest BCUT2D eigenvalue weighted by molar-refractivity contribution is 0.346. The minimum atomic E-state index is 0.306. The summed E-state index contributed by atoms with van der Waals surface area (Å²) in [5, 5.41) is 0. The third-order valence-electron chi connectivity index (χ3n) is 3.34. The summed E-state index contributed by atoms with van der Waals surface area (Å²) in [4.78, 5) is 4.41. The van der Waals surface area contributed by atoms with E-state index in [1.54, 1.807) is 0 Å². The highest BCUT2D eigenvalue weighted by Crippen LogP contribution is 2.39. The van der Waals surface area contributed by atoms with Crippen LogP contribution in [0.25, 0.3) is 0 Å². The Morgan fingerprint density at radius 1 is 1.50 bits per heavy atom. The average molecular weight is 165 g/mol. The summed E-state index contributed by atoms with van der Waals surface area (Å²) in [6.07, 6.45) is 3.17. The Morgan fingerprint density at radius 3 is 2.58 bits per heavy atom. The van der Waals surface area contributed by atoms with Crippen molar-refractivity contribution in [3.05, 3.63) is 11.8 Å². The van der Waals surface area contributed by atoms with Gasteiger partial charge in [0.2, 0.25) is 0 Å². The van der Waals surface area contributed by atoms with Crippen molar-refractivity contribution in [1.82, 2.24) is 0 Å². The molecule has 1 heterocycles. The lowest BCUT2D eigenvalue weighted by atomic mass is 9.70. The highest BCUT2D eigenvalue weighted by molar-refractivity contribution is 5.86. The van der Waals surface area contributed by atoms with E-state index in [1.807, 2.05) is 0 Å². The van der Waals surface area contributed by atoms with Crippen molar-refractivity contribution in [3.63, 3.8) is 0 Å². The monoisotopic (exact) mass is 165 g/mol. The molecule has 0 saturated carbocycles. The van der Waals surface area contributed by atoms with Gasteiger partial charge in [-0.3, -0.25) is 4.99 Å². The molecule has 1 aliphatic heterocycles. The van der Waals surface area contributed by atoms with Crippen molar-refractivity contribution in [2.75, 3.05) is 0 Å². The van der Waals surface area contributed by atoms with Crippen LogP contribution >= 0.6 is 0 Å². The molecule has 0 aliphatic carbocycles. The zero-order valence-electron chi connectivity index (χ0n) is 8.81. The molecule has 0 saturated heterocycles. The van der Waals surface area contributed by atoms with Crippen LogP contribution in [0, 0.1) is 11.3 Å². The van der Waals surface area contributed by atoms with Gasteiger partial charge in [-0.05, 0) is 24.3 Å². The fraction of sp³-hybridized carbons (Fsp3) is 0.727. The maximum absolute atomic E-state index is 4.41. The van der Waals surface area contributed by atoms with E-state index in [0.29, 0.717) is 11.3 Å². The minimum Gasteiger partial charge on any atom is -0.266 e. The van der Waals surface area contributed by atoms with Crippen molar-refractivity contribution >= 4 is 5.71 Å². The van der Waals surface area contributed by atoms with Gasteiger partial charge in [-0.1, -0.05) is 27.7 Å². The molecule has 1 rings (SSSR count). The molecule has 1 heteroatoms. The Kier molecular flexibility index (Phi) is 2.41. The lowest BCUT2D eigenvalue weighted by Gasteiger charge is -2.36. The first-order chi connectivity index (χ1) is 5.50. The molecule has 1 atom stereocenters. The third kappa shape index (κ3) is 1.33. The standard InChI is InChI=1S/C11H19N/c1-6-10-7-12-9(3)8(2)11(10,4)5/h7-8H,6H2,1-5H3. The van der Waals surface area contributed by atoms with E-state index < -0.39 is 0 Å². The maximum Gasteiger partial charge on any atom is 0.0264 e. The maximum atomic E-state index is 4.41. The van der Waals surface area contributed by atoms with E-state index in [4.69, 9.17) is 0 Å². The number of aliphatic imine (C=N–C) groups is 1. The Hall–Kier alpha value is -0.590. The van der Waals surface area contributed by atoms with Crippen molar-refractivity contribution in [2.24, 2.45) is 16.3 Å². The van der Waals surface area contributed by atoms with Crippen LogP contribution in [0.4, 0.5) is 0 Å². The predicted molar refractivity (Wildman–Crippen MR) is 54.4 cm³/mol. The molecule has 0 bridgehead atoms. The molecule has 1 nitrogen and oxygen atoms in total. The first-order valence-corrected chi connectivity index (χ1v) is 4.74. The lowest BCUT2D eigenvalue weighted by Crippen LogP contribution is -2.31. The molecule has 0 aromatic heterocycles. The van der Waals surface area contributed by atoms with E-state index >= 15 is 0 Å². The molecule has 68 valence electrons. The summed E-state index contributed by atoms with van der Waals surface area (Å²) >= 11 is 0. The van der Waals surface area contributed by atoms with E-state index in [0.717, 1.165) is 6.42 Å². The summed E-state index contributed by atoms with van der Waals surface area (Å²) in [6.45, 7) is 11.2. The Labute approximate surface area is 75.6 Å². The van der Waals surface area contributed by atoms with Gasteiger partial charge in [0.15, 0.2) is 0 Å². The predicted octanol–water partition coefficient (Wildman–Crippen LogP) is 3.42. The van der Waals surface area contributed by atoms with Crippen LogP contribution < -0.4 is 0 Å². The fourth-order valence-corrected chi connectivity index (χ4v) is 1.81. The molecule has 0 aromatic rings. The summed E-state index contributed by atoms with van der Waals surface area (Å²) in [7, 11) is 0. The smallest absolute Gasteiger partial charge is 0.0264 e. The summed E-state index contributed by atoms with van der Waals surface area (Å²) in [6, 6.07) is 0. The molecular weight excluding hydrogens is 146 g/mol. The number of hydrogen-bond donors (Lipinski definition) is 0. The minimum absolute atomic E-state index is 0.306. The Morgan fingerprint density at radius 2 is 2.08 bits per heavy atom. The van der Waals surface area contributed by atoms with Gasteiger partial charge in [-0.2, -0.15) is 0 Å². The van der Waals surface area contributed by atoms with Crippen molar-refractivity contribution in [1.29, 1.82) is 0 Å². The Bertz CT molecular complexity index is 233. The highest BCUT2D eigenvalue weighted by Gasteiger charge is 2.32. The number of nitrogens with zero attached hydrogens (tertiary/aromatic N) is 1. The topological polar surface area (TPSA) is 12.4 Å².